The van der Waals surface area contributed by atoms with Gasteiger partial charge in [-0.3, -0.25) is 9.69 Å². The fourth-order valence-electron chi connectivity index (χ4n) is 0.950. The average molecular weight is 169 g/mol. The zero-order valence-corrected chi connectivity index (χ0v) is 6.95. The summed E-state index contributed by atoms with van der Waals surface area (Å²) in [6.07, 6.45) is 3.19. The van der Waals surface area contributed by atoms with Crippen LogP contribution in [0, 0.1) is 0 Å². The number of ketones is 1. The summed E-state index contributed by atoms with van der Waals surface area (Å²) in [6, 6.07) is 0. The Labute approximate surface area is 70.8 Å². The molecule has 12 heavy (non-hydrogen) atoms. The van der Waals surface area contributed by atoms with Crippen molar-refractivity contribution in [2.75, 3.05) is 13.2 Å². The van der Waals surface area contributed by atoms with E-state index in [4.69, 9.17) is 4.74 Å². The van der Waals surface area contributed by atoms with E-state index in [9.17, 15) is 9.59 Å². The van der Waals surface area contributed by atoms with Crippen LogP contribution in [0.2, 0.25) is 0 Å². The molecule has 0 atom stereocenters. The van der Waals surface area contributed by atoms with E-state index in [-0.39, 0.29) is 12.3 Å². The Morgan fingerprint density at radius 3 is 3.08 bits per heavy atom. The minimum absolute atomic E-state index is 0.0329. The highest BCUT2D eigenvalue weighted by Gasteiger charge is 2.17. The van der Waals surface area contributed by atoms with E-state index in [0.29, 0.717) is 13.0 Å². The Hall–Kier alpha value is -1.32. The van der Waals surface area contributed by atoms with Crippen molar-refractivity contribution in [2.45, 2.75) is 13.3 Å². The first-order chi connectivity index (χ1) is 5.74. The summed E-state index contributed by atoms with van der Waals surface area (Å²) >= 11 is 0. The first-order valence-electron chi connectivity index (χ1n) is 3.85. The van der Waals surface area contributed by atoms with Crippen LogP contribution in [0.15, 0.2) is 12.3 Å². The molecule has 4 heteroatoms. The number of hydrogen-bond acceptors (Lipinski definition) is 3. The van der Waals surface area contributed by atoms with E-state index in [1.165, 1.54) is 4.90 Å². The van der Waals surface area contributed by atoms with Crippen LogP contribution in [0.25, 0.3) is 0 Å². The SMILES string of the molecule is CCOC(=O)N1C=CCC(=O)C1. The van der Waals surface area contributed by atoms with E-state index >= 15 is 0 Å². The first-order valence-corrected chi connectivity index (χ1v) is 3.85. The van der Waals surface area contributed by atoms with Gasteiger partial charge in [0.05, 0.1) is 13.2 Å². The van der Waals surface area contributed by atoms with Gasteiger partial charge in [0.1, 0.15) is 0 Å². The molecule has 0 fully saturated rings. The molecule has 0 saturated heterocycles. The predicted molar refractivity (Wildman–Crippen MR) is 42.5 cm³/mol. The lowest BCUT2D eigenvalue weighted by molar-refractivity contribution is -0.119. The Balaban J connectivity index is 2.51. The van der Waals surface area contributed by atoms with Crippen molar-refractivity contribution in [3.8, 4) is 0 Å². The molecule has 1 amide bonds. The molecule has 0 radical (unpaired) electrons. The number of Topliss-reactive ketones (excluding diaryl/α,β-unsaturated/α-hetero) is 1. The summed E-state index contributed by atoms with van der Waals surface area (Å²) in [4.78, 5) is 23.2. The van der Waals surface area contributed by atoms with Crippen LogP contribution >= 0.6 is 0 Å². The molecule has 1 rings (SSSR count). The van der Waals surface area contributed by atoms with Gasteiger partial charge < -0.3 is 4.74 Å². The summed E-state index contributed by atoms with van der Waals surface area (Å²) in [5, 5.41) is 0. The van der Waals surface area contributed by atoms with Gasteiger partial charge in [-0.15, -0.1) is 0 Å². The van der Waals surface area contributed by atoms with Gasteiger partial charge in [-0.05, 0) is 6.92 Å². The molecule has 4 nitrogen and oxygen atoms in total. The minimum Gasteiger partial charge on any atom is -0.449 e. The van der Waals surface area contributed by atoms with Crippen LogP contribution < -0.4 is 0 Å². The normalized spacial score (nSPS) is 16.4. The van der Waals surface area contributed by atoms with E-state index in [1.54, 1.807) is 19.2 Å². The largest absolute Gasteiger partial charge is 0.449 e. The minimum atomic E-state index is -0.457. The maximum atomic E-state index is 11.0. The van der Waals surface area contributed by atoms with Crippen LogP contribution in [-0.4, -0.2) is 29.9 Å². The molecule has 1 aliphatic heterocycles. The maximum Gasteiger partial charge on any atom is 0.414 e. The molecule has 0 N–H and O–H groups in total. The second-order valence-electron chi connectivity index (χ2n) is 2.45. The van der Waals surface area contributed by atoms with E-state index in [0.717, 1.165) is 0 Å². The van der Waals surface area contributed by atoms with Gasteiger partial charge in [-0.2, -0.15) is 0 Å². The standard InChI is InChI=1S/C8H11NO3/c1-2-12-8(11)9-5-3-4-7(10)6-9/h3,5H,2,4,6H2,1H3. The number of carbonyl (C=O) groups is 2. The molecule has 0 aromatic rings. The van der Waals surface area contributed by atoms with Crippen molar-refractivity contribution in [1.29, 1.82) is 0 Å². The molecule has 66 valence electrons. The van der Waals surface area contributed by atoms with E-state index in [2.05, 4.69) is 0 Å². The monoisotopic (exact) mass is 169 g/mol. The molecule has 0 spiro atoms. The number of carbonyl (C=O) groups excluding carboxylic acids is 2. The van der Waals surface area contributed by atoms with Crippen LogP contribution in [0.4, 0.5) is 4.79 Å². The highest BCUT2D eigenvalue weighted by molar-refractivity contribution is 5.86. The van der Waals surface area contributed by atoms with E-state index < -0.39 is 6.09 Å². The van der Waals surface area contributed by atoms with Crippen LogP contribution in [-0.2, 0) is 9.53 Å². The summed E-state index contributed by atoms with van der Waals surface area (Å²) < 4.78 is 4.71. The number of rotatable bonds is 1. The Bertz CT molecular complexity index is 222. The van der Waals surface area contributed by atoms with Gasteiger partial charge in [-0.1, -0.05) is 6.08 Å². The van der Waals surface area contributed by atoms with Gasteiger partial charge in [0.2, 0.25) is 0 Å². The van der Waals surface area contributed by atoms with Crippen LogP contribution in [0.1, 0.15) is 13.3 Å². The topological polar surface area (TPSA) is 46.6 Å². The molecule has 1 aliphatic rings. The molecular weight excluding hydrogens is 158 g/mol. The molecule has 0 aromatic carbocycles. The third kappa shape index (κ3) is 2.08. The summed E-state index contributed by atoms with van der Waals surface area (Å²) in [6.45, 7) is 2.19. The second kappa shape index (κ2) is 3.90. The fourth-order valence-corrected chi connectivity index (χ4v) is 0.950. The van der Waals surface area contributed by atoms with Crippen molar-refractivity contribution < 1.29 is 14.3 Å². The zero-order valence-electron chi connectivity index (χ0n) is 6.95. The summed E-state index contributed by atoms with van der Waals surface area (Å²) in [7, 11) is 0. The van der Waals surface area contributed by atoms with Crippen molar-refractivity contribution in [3.05, 3.63) is 12.3 Å². The molecule has 0 unspecified atom stereocenters. The van der Waals surface area contributed by atoms with Crippen molar-refractivity contribution >= 4 is 11.9 Å². The summed E-state index contributed by atoms with van der Waals surface area (Å²) in [5.41, 5.74) is 0. The third-order valence-electron chi connectivity index (χ3n) is 1.48. The quantitative estimate of drug-likeness (QED) is 0.586. The first kappa shape index (κ1) is 8.77. The van der Waals surface area contributed by atoms with Gasteiger partial charge in [0, 0.05) is 12.6 Å². The highest BCUT2D eigenvalue weighted by Crippen LogP contribution is 2.04. The molecule has 0 saturated carbocycles. The van der Waals surface area contributed by atoms with Crippen molar-refractivity contribution in [2.24, 2.45) is 0 Å². The van der Waals surface area contributed by atoms with Crippen molar-refractivity contribution in [3.63, 3.8) is 0 Å². The van der Waals surface area contributed by atoms with Gasteiger partial charge in [0.25, 0.3) is 0 Å². The third-order valence-corrected chi connectivity index (χ3v) is 1.48. The van der Waals surface area contributed by atoms with E-state index in [1.807, 2.05) is 0 Å². The molecule has 0 aromatic heterocycles. The Morgan fingerprint density at radius 2 is 2.50 bits per heavy atom. The van der Waals surface area contributed by atoms with Crippen molar-refractivity contribution in [1.82, 2.24) is 4.90 Å². The van der Waals surface area contributed by atoms with Gasteiger partial charge in [-0.25, -0.2) is 4.79 Å². The summed E-state index contributed by atoms with van der Waals surface area (Å²) in [5.74, 6) is 0.0329. The second-order valence-corrected chi connectivity index (χ2v) is 2.45. The Morgan fingerprint density at radius 1 is 1.75 bits per heavy atom. The van der Waals surface area contributed by atoms with Gasteiger partial charge >= 0.3 is 6.09 Å². The van der Waals surface area contributed by atoms with Gasteiger partial charge in [0.15, 0.2) is 5.78 Å². The number of amides is 1. The smallest absolute Gasteiger partial charge is 0.414 e. The molecule has 1 heterocycles. The molecule has 0 aliphatic carbocycles. The Kier molecular flexibility index (Phi) is 2.85. The lowest BCUT2D eigenvalue weighted by Crippen LogP contribution is -2.33. The number of ether oxygens (including phenoxy) is 1. The van der Waals surface area contributed by atoms with Crippen LogP contribution in [0.5, 0.6) is 0 Å². The lowest BCUT2D eigenvalue weighted by Gasteiger charge is -2.19. The predicted octanol–water partition coefficient (Wildman–Crippen LogP) is 0.931. The number of hydrogen-bond donors (Lipinski definition) is 0. The zero-order chi connectivity index (χ0) is 8.97. The average Bonchev–Trinajstić information content (AvgIpc) is 2.05. The van der Waals surface area contributed by atoms with Crippen LogP contribution in [0.3, 0.4) is 0 Å². The number of nitrogens with zero attached hydrogens (tertiary/aromatic N) is 1. The molecular formula is C8H11NO3. The molecule has 0 bridgehead atoms. The fraction of sp³-hybridized carbons (Fsp3) is 0.500. The number of allylic oxidation sites excluding steroid dienone is 1. The highest BCUT2D eigenvalue weighted by atomic mass is 16.6. The lowest BCUT2D eigenvalue weighted by atomic mass is 10.2. The maximum absolute atomic E-state index is 11.0.